The zero-order valence-electron chi connectivity index (χ0n) is 6.85. The average molecular weight is 246 g/mol. The molecule has 1 saturated heterocycles. The molecule has 0 radical (unpaired) electrons. The van der Waals surface area contributed by atoms with Crippen molar-refractivity contribution in [3.05, 3.63) is 12.2 Å². The van der Waals surface area contributed by atoms with Gasteiger partial charge in [0.25, 0.3) is 0 Å². The number of rotatable bonds is 0. The standard InChI is InChI=1S/C4H4O3.C4H8.Sr.2H/c5-3-1-2-4(6)7-3;1-4(2)3;;;/h1-2H2;1H2,2-3H3;;;. The molecule has 4 heteroatoms. The number of carbonyl (C=O) groups is 2. The summed E-state index contributed by atoms with van der Waals surface area (Å²) in [7, 11) is 0. The number of ether oxygens (including phenoxy) is 1. The van der Waals surface area contributed by atoms with Crippen molar-refractivity contribution in [3.8, 4) is 0 Å². The van der Waals surface area contributed by atoms with E-state index in [9.17, 15) is 9.59 Å². The zero-order valence-corrected chi connectivity index (χ0v) is 6.85. The molecule has 0 unspecified atom stereocenters. The summed E-state index contributed by atoms with van der Waals surface area (Å²) in [5, 5.41) is 0. The van der Waals surface area contributed by atoms with Gasteiger partial charge in [-0.1, -0.05) is 5.57 Å². The molecule has 0 aliphatic carbocycles. The van der Waals surface area contributed by atoms with Crippen molar-refractivity contribution in [3.63, 3.8) is 0 Å². The van der Waals surface area contributed by atoms with E-state index in [2.05, 4.69) is 11.3 Å². The molecule has 1 heterocycles. The summed E-state index contributed by atoms with van der Waals surface area (Å²) in [6.07, 6.45) is 0.525. The Morgan fingerprint density at radius 2 is 1.50 bits per heavy atom. The van der Waals surface area contributed by atoms with Gasteiger partial charge in [0, 0.05) is 0 Å². The predicted octanol–water partition coefficient (Wildman–Crippen LogP) is 0.516. The summed E-state index contributed by atoms with van der Waals surface area (Å²) < 4.78 is 4.08. The monoisotopic (exact) mass is 246 g/mol. The Morgan fingerprint density at radius 1 is 1.25 bits per heavy atom. The Bertz CT molecular complexity index is 169. The summed E-state index contributed by atoms with van der Waals surface area (Å²) in [5.41, 5.74) is 1.17. The molecule has 0 aromatic rings. The summed E-state index contributed by atoms with van der Waals surface area (Å²) >= 11 is 0. The third-order valence-electron chi connectivity index (χ3n) is 0.761. The minimum absolute atomic E-state index is 0. The number of esters is 2. The van der Waals surface area contributed by atoms with E-state index in [1.807, 2.05) is 13.8 Å². The second kappa shape index (κ2) is 7.98. The van der Waals surface area contributed by atoms with E-state index in [1.165, 1.54) is 5.57 Å². The molecule has 0 atom stereocenters. The fourth-order valence-electron chi connectivity index (χ4n) is 0.433. The number of carbonyl (C=O) groups excluding carboxylic acids is 2. The molecule has 0 aromatic heterocycles. The van der Waals surface area contributed by atoms with Crippen LogP contribution in [0.1, 0.15) is 26.7 Å². The quantitative estimate of drug-likeness (QED) is 0.271. The van der Waals surface area contributed by atoms with Gasteiger partial charge in [-0.25, -0.2) is 0 Å². The van der Waals surface area contributed by atoms with Gasteiger partial charge < -0.3 is 4.74 Å². The summed E-state index contributed by atoms with van der Waals surface area (Å²) in [6.45, 7) is 7.50. The molecule has 0 saturated carbocycles. The number of hydrogen-bond donors (Lipinski definition) is 0. The molecule has 1 aliphatic heterocycles. The van der Waals surface area contributed by atoms with Crippen molar-refractivity contribution in [1.29, 1.82) is 0 Å². The van der Waals surface area contributed by atoms with Crippen molar-refractivity contribution in [2.24, 2.45) is 0 Å². The summed E-state index contributed by atoms with van der Waals surface area (Å²) in [4.78, 5) is 20.0. The Hall–Kier alpha value is 0.361. The van der Waals surface area contributed by atoms with Crippen LogP contribution < -0.4 is 0 Å². The third-order valence-corrected chi connectivity index (χ3v) is 0.761. The first kappa shape index (κ1) is 14.9. The molecule has 1 rings (SSSR count). The molecular weight excluding hydrogens is 232 g/mol. The van der Waals surface area contributed by atoms with E-state index in [-0.39, 0.29) is 58.3 Å². The first-order valence-corrected chi connectivity index (χ1v) is 3.38. The van der Waals surface area contributed by atoms with E-state index in [0.29, 0.717) is 0 Å². The van der Waals surface area contributed by atoms with Crippen LogP contribution in [0.5, 0.6) is 0 Å². The van der Waals surface area contributed by atoms with Crippen LogP contribution in [-0.2, 0) is 14.3 Å². The van der Waals surface area contributed by atoms with Gasteiger partial charge in [0.2, 0.25) is 0 Å². The van der Waals surface area contributed by atoms with Gasteiger partial charge >= 0.3 is 57.4 Å². The van der Waals surface area contributed by atoms with Crippen LogP contribution in [0.15, 0.2) is 12.2 Å². The fourth-order valence-corrected chi connectivity index (χ4v) is 0.433. The van der Waals surface area contributed by atoms with Crippen molar-refractivity contribution in [1.82, 2.24) is 0 Å². The zero-order chi connectivity index (χ0) is 8.85. The average Bonchev–Trinajstić information content (AvgIpc) is 2.13. The van der Waals surface area contributed by atoms with Crippen LogP contribution in [0.25, 0.3) is 0 Å². The molecule has 0 spiro atoms. The molecule has 0 bridgehead atoms. The van der Waals surface area contributed by atoms with Crippen LogP contribution in [-0.4, -0.2) is 57.4 Å². The summed E-state index contributed by atoms with van der Waals surface area (Å²) in [6, 6.07) is 0. The number of cyclic esters (lactones) is 2. The first-order valence-electron chi connectivity index (χ1n) is 3.38. The third kappa shape index (κ3) is 10.4. The normalized spacial score (nSPS) is 13.8. The van der Waals surface area contributed by atoms with E-state index in [4.69, 9.17) is 0 Å². The second-order valence-corrected chi connectivity index (χ2v) is 2.55. The molecule has 1 aliphatic rings. The molecule has 3 nitrogen and oxygen atoms in total. The molecule has 12 heavy (non-hydrogen) atoms. The van der Waals surface area contributed by atoms with E-state index < -0.39 is 11.9 Å². The number of hydrogen-bond acceptors (Lipinski definition) is 3. The van der Waals surface area contributed by atoms with Crippen LogP contribution in [0.3, 0.4) is 0 Å². The molecular formula is C8H14O3Sr. The molecule has 0 N–H and O–H groups in total. The Labute approximate surface area is 109 Å². The van der Waals surface area contributed by atoms with Gasteiger partial charge in [0.05, 0.1) is 12.8 Å². The van der Waals surface area contributed by atoms with Gasteiger partial charge in [-0.3, -0.25) is 9.59 Å². The second-order valence-electron chi connectivity index (χ2n) is 2.55. The van der Waals surface area contributed by atoms with Crippen LogP contribution in [0.2, 0.25) is 0 Å². The first-order chi connectivity index (χ1) is 5.02. The van der Waals surface area contributed by atoms with Crippen molar-refractivity contribution < 1.29 is 14.3 Å². The van der Waals surface area contributed by atoms with Gasteiger partial charge in [-0.2, -0.15) is 0 Å². The van der Waals surface area contributed by atoms with Crippen molar-refractivity contribution in [2.45, 2.75) is 26.7 Å². The van der Waals surface area contributed by atoms with Gasteiger partial charge in [0.1, 0.15) is 0 Å². The topological polar surface area (TPSA) is 43.4 Å². The van der Waals surface area contributed by atoms with Gasteiger partial charge in [-0.15, -0.1) is 6.58 Å². The van der Waals surface area contributed by atoms with Crippen molar-refractivity contribution >= 4 is 57.4 Å². The van der Waals surface area contributed by atoms with Crippen molar-refractivity contribution in [2.75, 3.05) is 0 Å². The van der Waals surface area contributed by atoms with Gasteiger partial charge in [-0.05, 0) is 13.8 Å². The van der Waals surface area contributed by atoms with E-state index >= 15 is 0 Å². The molecule has 1 fully saturated rings. The van der Waals surface area contributed by atoms with Crippen LogP contribution in [0.4, 0.5) is 0 Å². The molecule has 66 valence electrons. The maximum absolute atomic E-state index is 10.0. The minimum atomic E-state index is -0.398. The Balaban J connectivity index is 0. The Morgan fingerprint density at radius 3 is 1.58 bits per heavy atom. The van der Waals surface area contributed by atoms with Crippen LogP contribution >= 0.6 is 0 Å². The SMILES string of the molecule is C=C(C)C.O=C1CCC(=O)O1.[SrH2]. The predicted molar refractivity (Wildman–Crippen MR) is 49.4 cm³/mol. The fraction of sp³-hybridized carbons (Fsp3) is 0.500. The van der Waals surface area contributed by atoms with E-state index in [0.717, 1.165) is 0 Å². The summed E-state index contributed by atoms with van der Waals surface area (Å²) in [5.74, 6) is -0.796. The maximum atomic E-state index is 10.0. The molecule has 0 aromatic carbocycles. The van der Waals surface area contributed by atoms with E-state index in [1.54, 1.807) is 0 Å². The van der Waals surface area contributed by atoms with Crippen LogP contribution in [0, 0.1) is 0 Å². The molecule has 0 amide bonds. The van der Waals surface area contributed by atoms with Gasteiger partial charge in [0.15, 0.2) is 0 Å². The Kier molecular flexibility index (Phi) is 9.88. The number of allylic oxidation sites excluding steroid dienone is 1.